The Bertz CT molecular complexity index is 197. The quantitative estimate of drug-likeness (QED) is 0.264. The molecular formula is C17H33NaOS. The Balaban J connectivity index is 0. The van der Waals surface area contributed by atoms with Crippen LogP contribution in [0, 0.1) is 0 Å². The van der Waals surface area contributed by atoms with Gasteiger partial charge in [0.05, 0.1) is 0 Å². The number of rotatable bonds is 15. The molecule has 114 valence electrons. The Labute approximate surface area is 154 Å². The summed E-state index contributed by atoms with van der Waals surface area (Å²) in [5.74, 6) is 0. The smallest absolute Gasteiger partial charge is 0.867 e. The molecule has 0 amide bonds. The molecule has 0 aliphatic carbocycles. The molecular weight excluding hydrogens is 275 g/mol. The standard InChI is InChI=1S/C17H34OS.Na/c1-2-3-4-5-6-7-8-9-10-11-12-13-14-15-16-17(18)19;/h2-16H2,1H3,(H,18,19);/q;+1/p-1. The van der Waals surface area contributed by atoms with E-state index in [4.69, 9.17) is 0 Å². The van der Waals surface area contributed by atoms with Gasteiger partial charge in [0.25, 0.3) is 0 Å². The van der Waals surface area contributed by atoms with Crippen molar-refractivity contribution in [1.29, 1.82) is 0 Å². The van der Waals surface area contributed by atoms with Crippen LogP contribution in [0.3, 0.4) is 0 Å². The third-order valence-corrected chi connectivity index (χ3v) is 3.94. The molecule has 0 aliphatic heterocycles. The topological polar surface area (TPSA) is 23.1 Å². The van der Waals surface area contributed by atoms with Crippen LogP contribution in [0.1, 0.15) is 103 Å². The Hall–Kier alpha value is 0.890. The maximum Gasteiger partial charge on any atom is 1.00 e. The SMILES string of the molecule is CCCCCCCCCCCCCCCCC([O-])=S.[Na+]. The first kappa shape index (κ1) is 23.2. The van der Waals surface area contributed by atoms with Gasteiger partial charge in [0.15, 0.2) is 0 Å². The van der Waals surface area contributed by atoms with Crippen LogP contribution in [-0.2, 0) is 0 Å². The first-order valence-corrected chi connectivity index (χ1v) is 8.88. The summed E-state index contributed by atoms with van der Waals surface area (Å²) in [7, 11) is 0. The van der Waals surface area contributed by atoms with Crippen LogP contribution < -0.4 is 34.7 Å². The van der Waals surface area contributed by atoms with E-state index in [1.54, 1.807) is 0 Å². The Morgan fingerprint density at radius 2 is 0.950 bits per heavy atom. The summed E-state index contributed by atoms with van der Waals surface area (Å²) < 4.78 is 0. The molecule has 0 aromatic rings. The third-order valence-electron chi connectivity index (χ3n) is 3.73. The first-order valence-electron chi connectivity index (χ1n) is 8.47. The molecule has 0 rings (SSSR count). The number of thiocarbonyl (C=S) groups is 1. The molecule has 0 unspecified atom stereocenters. The van der Waals surface area contributed by atoms with E-state index in [0.29, 0.717) is 6.42 Å². The molecule has 0 radical (unpaired) electrons. The predicted molar refractivity (Wildman–Crippen MR) is 87.5 cm³/mol. The van der Waals surface area contributed by atoms with E-state index in [9.17, 15) is 5.11 Å². The van der Waals surface area contributed by atoms with E-state index in [-0.39, 0.29) is 34.6 Å². The Kier molecular flexibility index (Phi) is 23.0. The normalized spacial score (nSPS) is 10.2. The van der Waals surface area contributed by atoms with Crippen LogP contribution in [0.25, 0.3) is 0 Å². The minimum atomic E-state index is -0.0704. The summed E-state index contributed by atoms with van der Waals surface area (Å²) in [6.07, 6.45) is 19.5. The molecule has 0 heterocycles. The minimum Gasteiger partial charge on any atom is -0.867 e. The van der Waals surface area contributed by atoms with E-state index >= 15 is 0 Å². The van der Waals surface area contributed by atoms with Crippen LogP contribution in [0.5, 0.6) is 0 Å². The fourth-order valence-electron chi connectivity index (χ4n) is 2.46. The van der Waals surface area contributed by atoms with E-state index in [1.807, 2.05) is 0 Å². The van der Waals surface area contributed by atoms with E-state index in [2.05, 4.69) is 19.1 Å². The third kappa shape index (κ3) is 21.2. The second-order valence-corrected chi connectivity index (χ2v) is 6.17. The van der Waals surface area contributed by atoms with Crippen LogP contribution in [0.15, 0.2) is 0 Å². The molecule has 0 N–H and O–H groups in total. The molecule has 0 spiro atoms. The van der Waals surface area contributed by atoms with Crippen molar-refractivity contribution in [1.82, 2.24) is 0 Å². The van der Waals surface area contributed by atoms with E-state index in [0.717, 1.165) is 6.42 Å². The van der Waals surface area contributed by atoms with Gasteiger partial charge in [-0.05, 0) is 12.8 Å². The van der Waals surface area contributed by atoms with Crippen molar-refractivity contribution in [3.8, 4) is 0 Å². The molecule has 0 aliphatic rings. The van der Waals surface area contributed by atoms with Gasteiger partial charge in [-0.2, -0.15) is 0 Å². The van der Waals surface area contributed by atoms with Crippen molar-refractivity contribution in [3.05, 3.63) is 0 Å². The summed E-state index contributed by atoms with van der Waals surface area (Å²) in [5.41, 5.74) is 0. The van der Waals surface area contributed by atoms with Crippen molar-refractivity contribution in [2.24, 2.45) is 0 Å². The molecule has 0 saturated carbocycles. The maximum atomic E-state index is 10.6. The number of hydrogen-bond donors (Lipinski definition) is 0. The molecule has 0 aromatic heterocycles. The first-order chi connectivity index (χ1) is 9.27. The zero-order valence-corrected chi connectivity index (χ0v) is 16.7. The van der Waals surface area contributed by atoms with E-state index in [1.165, 1.54) is 83.5 Å². The fourth-order valence-corrected chi connectivity index (χ4v) is 2.61. The molecule has 0 fully saturated rings. The Morgan fingerprint density at radius 1 is 0.650 bits per heavy atom. The average Bonchev–Trinajstić information content (AvgIpc) is 2.39. The molecule has 1 nitrogen and oxygen atoms in total. The zero-order chi connectivity index (χ0) is 14.2. The average molecular weight is 309 g/mol. The molecule has 3 heteroatoms. The molecule has 0 bridgehead atoms. The summed E-state index contributed by atoms with van der Waals surface area (Å²) >= 11 is 4.53. The van der Waals surface area contributed by atoms with Gasteiger partial charge >= 0.3 is 29.6 Å². The molecule has 0 atom stereocenters. The maximum absolute atomic E-state index is 10.6. The summed E-state index contributed by atoms with van der Waals surface area (Å²) in [6, 6.07) is 0. The number of hydrogen-bond acceptors (Lipinski definition) is 2. The van der Waals surface area contributed by atoms with Gasteiger partial charge in [0, 0.05) is 0 Å². The largest absolute Gasteiger partial charge is 1.00 e. The predicted octanol–water partition coefficient (Wildman–Crippen LogP) is 2.55. The fraction of sp³-hybridized carbons (Fsp3) is 0.941. The summed E-state index contributed by atoms with van der Waals surface area (Å²) in [6.45, 7) is 2.27. The molecule has 0 aromatic carbocycles. The van der Waals surface area contributed by atoms with Crippen molar-refractivity contribution in [3.63, 3.8) is 0 Å². The van der Waals surface area contributed by atoms with Crippen LogP contribution in [-0.4, -0.2) is 5.05 Å². The Morgan fingerprint density at radius 3 is 1.25 bits per heavy atom. The van der Waals surface area contributed by atoms with Gasteiger partial charge in [-0.3, -0.25) is 0 Å². The second kappa shape index (κ2) is 19.9. The van der Waals surface area contributed by atoms with Gasteiger partial charge in [-0.1, -0.05) is 95.4 Å². The van der Waals surface area contributed by atoms with Crippen LogP contribution in [0.4, 0.5) is 0 Å². The molecule has 20 heavy (non-hydrogen) atoms. The van der Waals surface area contributed by atoms with Gasteiger partial charge in [0.2, 0.25) is 0 Å². The van der Waals surface area contributed by atoms with Gasteiger partial charge in [-0.25, -0.2) is 0 Å². The monoisotopic (exact) mass is 308 g/mol. The van der Waals surface area contributed by atoms with Gasteiger partial charge in [0.1, 0.15) is 0 Å². The van der Waals surface area contributed by atoms with Crippen molar-refractivity contribution >= 4 is 17.3 Å². The zero-order valence-electron chi connectivity index (χ0n) is 13.9. The van der Waals surface area contributed by atoms with Gasteiger partial charge < -0.3 is 5.11 Å². The minimum absolute atomic E-state index is 0. The van der Waals surface area contributed by atoms with Crippen LogP contribution in [0.2, 0.25) is 0 Å². The van der Waals surface area contributed by atoms with E-state index < -0.39 is 0 Å². The second-order valence-electron chi connectivity index (χ2n) is 5.72. The van der Waals surface area contributed by atoms with Crippen molar-refractivity contribution in [2.75, 3.05) is 0 Å². The number of unbranched alkanes of at least 4 members (excludes halogenated alkanes) is 13. The summed E-state index contributed by atoms with van der Waals surface area (Å²) in [4.78, 5) is 0. The summed E-state index contributed by atoms with van der Waals surface area (Å²) in [5, 5.41) is 10.5. The van der Waals surface area contributed by atoms with Crippen LogP contribution >= 0.6 is 12.2 Å². The van der Waals surface area contributed by atoms with Gasteiger partial charge in [-0.15, -0.1) is 12.2 Å². The van der Waals surface area contributed by atoms with Crippen molar-refractivity contribution in [2.45, 2.75) is 103 Å². The molecule has 0 saturated heterocycles. The van der Waals surface area contributed by atoms with Crippen molar-refractivity contribution < 1.29 is 34.7 Å².